The van der Waals surface area contributed by atoms with Crippen molar-refractivity contribution in [3.8, 4) is 5.82 Å². The second kappa shape index (κ2) is 7.87. The molecule has 31 heavy (non-hydrogen) atoms. The molecule has 5 rings (SSSR count). The summed E-state index contributed by atoms with van der Waals surface area (Å²) < 4.78 is 7.90. The molecule has 3 aliphatic rings. The van der Waals surface area contributed by atoms with Gasteiger partial charge in [0.25, 0.3) is 5.91 Å². The second-order valence-electron chi connectivity index (χ2n) is 9.63. The molecule has 2 aliphatic carbocycles. The van der Waals surface area contributed by atoms with E-state index in [1.165, 1.54) is 31.4 Å². The van der Waals surface area contributed by atoms with E-state index < -0.39 is 5.54 Å². The zero-order valence-electron chi connectivity index (χ0n) is 18.2. The van der Waals surface area contributed by atoms with Gasteiger partial charge in [-0.3, -0.25) is 9.69 Å². The van der Waals surface area contributed by atoms with E-state index in [4.69, 9.17) is 9.84 Å². The van der Waals surface area contributed by atoms with Crippen LogP contribution < -0.4 is 10.0 Å². The van der Waals surface area contributed by atoms with Crippen LogP contribution in [0.3, 0.4) is 0 Å². The lowest BCUT2D eigenvalue weighted by Crippen LogP contribution is -2.53. The number of fused-ring (bicyclic) bond motifs is 3. The van der Waals surface area contributed by atoms with Gasteiger partial charge in [-0.25, -0.2) is 9.67 Å². The third-order valence-electron chi connectivity index (χ3n) is 6.77. The number of carbonyl (C=O) groups is 1. The second-order valence-corrected chi connectivity index (χ2v) is 9.63. The van der Waals surface area contributed by atoms with Gasteiger partial charge >= 0.3 is 0 Å². The van der Waals surface area contributed by atoms with E-state index in [-0.39, 0.29) is 5.91 Å². The Morgan fingerprint density at radius 3 is 2.94 bits per heavy atom. The van der Waals surface area contributed by atoms with Crippen LogP contribution in [0.15, 0.2) is 18.6 Å². The van der Waals surface area contributed by atoms with Crippen molar-refractivity contribution in [3.05, 3.63) is 40.7 Å². The highest BCUT2D eigenvalue weighted by atomic mass is 16.5. The summed E-state index contributed by atoms with van der Waals surface area (Å²) in [6, 6.07) is 0. The van der Waals surface area contributed by atoms with Gasteiger partial charge < -0.3 is 15.3 Å². The lowest BCUT2D eigenvalue weighted by atomic mass is 9.99. The van der Waals surface area contributed by atoms with Crippen LogP contribution in [0.5, 0.6) is 0 Å². The number of nitrogens with one attached hydrogen (secondary N) is 1. The summed E-state index contributed by atoms with van der Waals surface area (Å²) in [6.45, 7) is 8.07. The summed E-state index contributed by atoms with van der Waals surface area (Å²) in [5, 5.41) is 19.7. The smallest absolute Gasteiger partial charge is 0.272 e. The van der Waals surface area contributed by atoms with Crippen molar-refractivity contribution < 1.29 is 14.3 Å². The molecule has 0 radical (unpaired) electrons. The number of aromatic nitrogens is 4. The lowest BCUT2D eigenvalue weighted by Gasteiger charge is -2.35. The van der Waals surface area contributed by atoms with Crippen molar-refractivity contribution in [1.29, 1.82) is 0 Å². The Bertz CT molecular complexity index is 982. The monoisotopic (exact) mass is 426 g/mol. The topological polar surface area (TPSA) is 99.2 Å². The molecule has 1 aliphatic heterocycles. The number of rotatable bonds is 5. The summed E-state index contributed by atoms with van der Waals surface area (Å²) in [6.07, 6.45) is 8.58. The van der Waals surface area contributed by atoms with Crippen molar-refractivity contribution in [2.45, 2.75) is 51.0 Å². The van der Waals surface area contributed by atoms with E-state index in [0.717, 1.165) is 61.7 Å². The third kappa shape index (κ3) is 3.92. The molecule has 1 saturated carbocycles. The average molecular weight is 427 g/mol. The molecular formula is C22H30N6O3. The first-order valence-electron chi connectivity index (χ1n) is 11.2. The van der Waals surface area contributed by atoms with Crippen molar-refractivity contribution in [2.24, 2.45) is 5.92 Å². The maximum absolute atomic E-state index is 13.4. The van der Waals surface area contributed by atoms with Gasteiger partial charge in [0.05, 0.1) is 25.1 Å². The minimum Gasteiger partial charge on any atom is -0.619 e. The Balaban J connectivity index is 1.44. The molecule has 1 amide bonds. The third-order valence-corrected chi connectivity index (χ3v) is 6.77. The minimum absolute atomic E-state index is 0.154. The van der Waals surface area contributed by atoms with Crippen molar-refractivity contribution in [1.82, 2.24) is 25.0 Å². The zero-order valence-corrected chi connectivity index (χ0v) is 18.2. The number of morpholine rings is 1. The summed E-state index contributed by atoms with van der Waals surface area (Å²) >= 11 is 0. The molecule has 2 aromatic heterocycles. The van der Waals surface area contributed by atoms with Gasteiger partial charge in [-0.15, -0.1) is 0 Å². The first-order chi connectivity index (χ1) is 14.9. The minimum atomic E-state index is -0.400. The number of nitrogens with zero attached hydrogens (tertiary/aromatic N) is 5. The molecule has 9 nitrogen and oxygen atoms in total. The van der Waals surface area contributed by atoms with Crippen LogP contribution in [0, 0.1) is 11.1 Å². The Hall–Kier alpha value is -2.52. The molecule has 166 valence electrons. The predicted octanol–water partition coefficient (Wildman–Crippen LogP) is 1.18. The molecule has 0 aromatic carbocycles. The van der Waals surface area contributed by atoms with E-state index in [1.807, 2.05) is 13.8 Å². The molecule has 3 heterocycles. The highest BCUT2D eigenvalue weighted by Gasteiger charge is 2.43. The SMILES string of the molecule is CC(C)(CN1CCOCC1)NC(=O)c1nn(-c2c[n+]([O-])ccn2)c2c1CC1CCCC21. The molecule has 2 fully saturated rings. The molecule has 2 atom stereocenters. The molecule has 2 unspecified atom stereocenters. The fourth-order valence-corrected chi connectivity index (χ4v) is 5.51. The fraction of sp³-hybridized carbons (Fsp3) is 0.636. The van der Waals surface area contributed by atoms with Crippen LogP contribution in [0.2, 0.25) is 0 Å². The van der Waals surface area contributed by atoms with E-state index in [2.05, 4.69) is 15.2 Å². The standard InChI is InChI=1S/C22H30N6O3/c1-22(2,14-26-8-10-31-11-9-26)24-21(29)19-17-12-15-4-3-5-16(15)20(17)28(25-19)18-13-27(30)7-6-23-18/h6-7,13,15-16H,3-5,8-12,14H2,1-2H3,(H,24,29). The van der Waals surface area contributed by atoms with Crippen molar-refractivity contribution in [3.63, 3.8) is 0 Å². The predicted molar refractivity (Wildman–Crippen MR) is 113 cm³/mol. The lowest BCUT2D eigenvalue weighted by molar-refractivity contribution is -0.605. The number of ether oxygens (including phenoxy) is 1. The van der Waals surface area contributed by atoms with Gasteiger partial charge in [-0.05, 0) is 39.0 Å². The number of amides is 1. The molecule has 2 aromatic rings. The normalized spacial score (nSPS) is 23.5. The largest absolute Gasteiger partial charge is 0.619 e. The van der Waals surface area contributed by atoms with Crippen LogP contribution in [0.4, 0.5) is 0 Å². The van der Waals surface area contributed by atoms with Gasteiger partial charge in [0.15, 0.2) is 11.9 Å². The van der Waals surface area contributed by atoms with Crippen LogP contribution in [0.25, 0.3) is 5.82 Å². The summed E-state index contributed by atoms with van der Waals surface area (Å²) in [7, 11) is 0. The number of carbonyl (C=O) groups excluding carboxylic acids is 1. The molecule has 0 spiro atoms. The van der Waals surface area contributed by atoms with Crippen molar-refractivity contribution >= 4 is 5.91 Å². The highest BCUT2D eigenvalue weighted by Crippen LogP contribution is 2.49. The first kappa shape index (κ1) is 20.4. The van der Waals surface area contributed by atoms with E-state index in [0.29, 0.717) is 23.3 Å². The van der Waals surface area contributed by atoms with Crippen LogP contribution in [0.1, 0.15) is 60.8 Å². The van der Waals surface area contributed by atoms with Gasteiger partial charge in [0.1, 0.15) is 0 Å². The van der Waals surface area contributed by atoms with Crippen LogP contribution in [-0.2, 0) is 11.2 Å². The number of hydrogen-bond acceptors (Lipinski definition) is 6. The summed E-state index contributed by atoms with van der Waals surface area (Å²) in [5.74, 6) is 1.25. The van der Waals surface area contributed by atoms with Crippen LogP contribution >= 0.6 is 0 Å². The quantitative estimate of drug-likeness (QED) is 0.569. The van der Waals surface area contributed by atoms with E-state index in [9.17, 15) is 10.0 Å². The molecule has 0 bridgehead atoms. The number of hydrogen-bond donors (Lipinski definition) is 1. The first-order valence-corrected chi connectivity index (χ1v) is 11.2. The summed E-state index contributed by atoms with van der Waals surface area (Å²) in [4.78, 5) is 20.0. The van der Waals surface area contributed by atoms with E-state index in [1.54, 1.807) is 4.68 Å². The maximum Gasteiger partial charge on any atom is 0.272 e. The molecule has 1 saturated heterocycles. The van der Waals surface area contributed by atoms with Crippen LogP contribution in [-0.4, -0.2) is 64.0 Å². The molecular weight excluding hydrogens is 396 g/mol. The fourth-order valence-electron chi connectivity index (χ4n) is 5.51. The maximum atomic E-state index is 13.4. The Labute approximate surface area is 182 Å². The van der Waals surface area contributed by atoms with Gasteiger partial charge in [0, 0.05) is 36.7 Å². The van der Waals surface area contributed by atoms with Gasteiger partial charge in [0.2, 0.25) is 12.0 Å². The highest BCUT2D eigenvalue weighted by molar-refractivity contribution is 5.95. The summed E-state index contributed by atoms with van der Waals surface area (Å²) in [5.41, 5.74) is 2.17. The van der Waals surface area contributed by atoms with E-state index >= 15 is 0 Å². The Morgan fingerprint density at radius 1 is 1.35 bits per heavy atom. The van der Waals surface area contributed by atoms with Crippen molar-refractivity contribution in [2.75, 3.05) is 32.8 Å². The molecule has 1 N–H and O–H groups in total. The Morgan fingerprint density at radius 2 is 2.16 bits per heavy atom. The van der Waals surface area contributed by atoms with Gasteiger partial charge in [-0.1, -0.05) is 6.42 Å². The average Bonchev–Trinajstić information content (AvgIpc) is 3.39. The van der Waals surface area contributed by atoms with Gasteiger partial charge in [-0.2, -0.15) is 9.83 Å². The Kier molecular flexibility index (Phi) is 5.18. The molecule has 9 heteroatoms. The zero-order chi connectivity index (χ0) is 21.6.